The minimum absolute atomic E-state index is 0.180. The first kappa shape index (κ1) is 15.7. The SMILES string of the molecule is Cc1cnn(-c2ccc(C(=O)NC(C)C3(O)CCNC3)cc2)c1. The van der Waals surface area contributed by atoms with E-state index in [-0.39, 0.29) is 11.9 Å². The predicted octanol–water partition coefficient (Wildman–Crippen LogP) is 1.02. The number of carbonyl (C=O) groups excluding carboxylic acids is 1. The van der Waals surface area contributed by atoms with E-state index in [0.717, 1.165) is 17.8 Å². The minimum atomic E-state index is -0.873. The van der Waals surface area contributed by atoms with E-state index in [9.17, 15) is 9.90 Å². The molecular formula is C17H22N4O2. The van der Waals surface area contributed by atoms with Gasteiger partial charge >= 0.3 is 0 Å². The van der Waals surface area contributed by atoms with Crippen LogP contribution in [-0.2, 0) is 0 Å². The smallest absolute Gasteiger partial charge is 0.251 e. The average Bonchev–Trinajstić information content (AvgIpc) is 3.17. The predicted molar refractivity (Wildman–Crippen MR) is 87.7 cm³/mol. The zero-order valence-electron chi connectivity index (χ0n) is 13.4. The molecule has 1 aliphatic heterocycles. The molecular weight excluding hydrogens is 292 g/mol. The Hall–Kier alpha value is -2.18. The number of nitrogens with zero attached hydrogens (tertiary/aromatic N) is 2. The van der Waals surface area contributed by atoms with Gasteiger partial charge in [0.1, 0.15) is 0 Å². The van der Waals surface area contributed by atoms with Gasteiger partial charge < -0.3 is 15.7 Å². The molecule has 0 aliphatic carbocycles. The van der Waals surface area contributed by atoms with Crippen molar-refractivity contribution in [3.05, 3.63) is 47.8 Å². The molecule has 1 aromatic heterocycles. The molecule has 0 saturated carbocycles. The highest BCUT2D eigenvalue weighted by atomic mass is 16.3. The number of rotatable bonds is 4. The van der Waals surface area contributed by atoms with Gasteiger partial charge in [-0.25, -0.2) is 4.68 Å². The minimum Gasteiger partial charge on any atom is -0.386 e. The molecule has 23 heavy (non-hydrogen) atoms. The van der Waals surface area contributed by atoms with Crippen LogP contribution in [0.2, 0.25) is 0 Å². The number of aryl methyl sites for hydroxylation is 1. The summed E-state index contributed by atoms with van der Waals surface area (Å²) in [7, 11) is 0. The quantitative estimate of drug-likeness (QED) is 0.787. The van der Waals surface area contributed by atoms with Crippen molar-refractivity contribution in [3.63, 3.8) is 0 Å². The van der Waals surface area contributed by atoms with Gasteiger partial charge in [0.05, 0.1) is 23.5 Å². The van der Waals surface area contributed by atoms with Crippen LogP contribution >= 0.6 is 0 Å². The topological polar surface area (TPSA) is 79.2 Å². The zero-order chi connectivity index (χ0) is 16.4. The molecule has 2 unspecified atom stereocenters. The van der Waals surface area contributed by atoms with Crippen LogP contribution in [0.3, 0.4) is 0 Å². The van der Waals surface area contributed by atoms with Gasteiger partial charge in [0.25, 0.3) is 5.91 Å². The van der Waals surface area contributed by atoms with Crippen LogP contribution in [0, 0.1) is 6.92 Å². The average molecular weight is 314 g/mol. The van der Waals surface area contributed by atoms with Gasteiger partial charge in [0, 0.05) is 18.3 Å². The van der Waals surface area contributed by atoms with E-state index in [1.165, 1.54) is 0 Å². The third kappa shape index (κ3) is 3.28. The van der Waals surface area contributed by atoms with Crippen molar-refractivity contribution >= 4 is 5.91 Å². The molecule has 2 heterocycles. The van der Waals surface area contributed by atoms with Crippen LogP contribution in [0.15, 0.2) is 36.7 Å². The summed E-state index contributed by atoms with van der Waals surface area (Å²) in [4.78, 5) is 12.3. The monoisotopic (exact) mass is 314 g/mol. The number of hydrogen-bond acceptors (Lipinski definition) is 4. The van der Waals surface area contributed by atoms with Gasteiger partial charge in [0.15, 0.2) is 0 Å². The van der Waals surface area contributed by atoms with Gasteiger partial charge in [-0.1, -0.05) is 0 Å². The molecule has 3 rings (SSSR count). The summed E-state index contributed by atoms with van der Waals surface area (Å²) in [6.07, 6.45) is 4.37. The Morgan fingerprint density at radius 2 is 2.17 bits per heavy atom. The molecule has 2 aromatic rings. The van der Waals surface area contributed by atoms with Crippen molar-refractivity contribution in [2.45, 2.75) is 31.9 Å². The van der Waals surface area contributed by atoms with E-state index in [1.807, 2.05) is 32.2 Å². The summed E-state index contributed by atoms with van der Waals surface area (Å²) < 4.78 is 1.77. The number of β-amino-alcohol motifs (C(OH)–C–C–N with tert-alkyl or cyclic N) is 1. The maximum Gasteiger partial charge on any atom is 0.251 e. The Balaban J connectivity index is 1.68. The summed E-state index contributed by atoms with van der Waals surface area (Å²) in [6, 6.07) is 6.95. The summed E-state index contributed by atoms with van der Waals surface area (Å²) in [5.74, 6) is -0.180. The molecule has 122 valence electrons. The molecule has 1 aliphatic rings. The third-order valence-electron chi connectivity index (χ3n) is 4.43. The van der Waals surface area contributed by atoms with Crippen LogP contribution in [0.4, 0.5) is 0 Å². The number of aliphatic hydroxyl groups is 1. The summed E-state index contributed by atoms with van der Waals surface area (Å²) >= 11 is 0. The Bertz CT molecular complexity index is 687. The Kier molecular flexibility index (Phi) is 4.19. The number of carbonyl (C=O) groups is 1. The van der Waals surface area contributed by atoms with E-state index in [0.29, 0.717) is 18.5 Å². The largest absolute Gasteiger partial charge is 0.386 e. The number of aromatic nitrogens is 2. The van der Waals surface area contributed by atoms with Crippen LogP contribution in [0.1, 0.15) is 29.3 Å². The maximum absolute atomic E-state index is 12.3. The lowest BCUT2D eigenvalue weighted by Crippen LogP contribution is -2.52. The molecule has 1 saturated heterocycles. The summed E-state index contributed by atoms with van der Waals surface area (Å²) in [6.45, 7) is 5.10. The number of hydrogen-bond donors (Lipinski definition) is 3. The number of benzene rings is 1. The molecule has 6 heteroatoms. The van der Waals surface area contributed by atoms with Crippen LogP contribution in [0.25, 0.3) is 5.69 Å². The summed E-state index contributed by atoms with van der Waals surface area (Å²) in [5.41, 5.74) is 1.68. The molecule has 0 radical (unpaired) electrons. The lowest BCUT2D eigenvalue weighted by Gasteiger charge is -2.29. The lowest BCUT2D eigenvalue weighted by atomic mass is 9.94. The molecule has 1 fully saturated rings. The fourth-order valence-electron chi connectivity index (χ4n) is 2.80. The molecule has 3 N–H and O–H groups in total. The van der Waals surface area contributed by atoms with Crippen molar-refractivity contribution in [3.8, 4) is 5.69 Å². The fraction of sp³-hybridized carbons (Fsp3) is 0.412. The van der Waals surface area contributed by atoms with E-state index >= 15 is 0 Å². The Labute approximate surface area is 135 Å². The van der Waals surface area contributed by atoms with Crippen LogP contribution in [-0.4, -0.2) is 45.5 Å². The standard InChI is InChI=1S/C17H22N4O2/c1-12-9-19-21(10-12)15-5-3-14(4-6-15)16(22)20-13(2)17(23)7-8-18-11-17/h3-6,9-10,13,18,23H,7-8,11H2,1-2H3,(H,20,22). The first-order valence-electron chi connectivity index (χ1n) is 7.84. The van der Waals surface area contributed by atoms with E-state index < -0.39 is 5.60 Å². The first-order valence-corrected chi connectivity index (χ1v) is 7.84. The van der Waals surface area contributed by atoms with Crippen molar-refractivity contribution in [1.29, 1.82) is 0 Å². The molecule has 1 aromatic carbocycles. The first-order chi connectivity index (χ1) is 11.0. The van der Waals surface area contributed by atoms with Crippen molar-refractivity contribution in [2.75, 3.05) is 13.1 Å². The normalized spacial score (nSPS) is 22.0. The highest BCUT2D eigenvalue weighted by Gasteiger charge is 2.37. The fourth-order valence-corrected chi connectivity index (χ4v) is 2.80. The van der Waals surface area contributed by atoms with Crippen molar-refractivity contribution < 1.29 is 9.90 Å². The lowest BCUT2D eigenvalue weighted by molar-refractivity contribution is 0.0257. The van der Waals surface area contributed by atoms with E-state index in [2.05, 4.69) is 15.7 Å². The third-order valence-corrected chi connectivity index (χ3v) is 4.43. The number of amides is 1. The van der Waals surface area contributed by atoms with Gasteiger partial charge in [-0.15, -0.1) is 0 Å². The second kappa shape index (κ2) is 6.14. The second-order valence-electron chi connectivity index (χ2n) is 6.23. The second-order valence-corrected chi connectivity index (χ2v) is 6.23. The van der Waals surface area contributed by atoms with Crippen LogP contribution < -0.4 is 10.6 Å². The Morgan fingerprint density at radius 1 is 1.43 bits per heavy atom. The van der Waals surface area contributed by atoms with Gasteiger partial charge in [-0.05, 0) is 56.6 Å². The summed E-state index contributed by atoms with van der Waals surface area (Å²) in [5, 5.41) is 20.7. The molecule has 1 amide bonds. The highest BCUT2D eigenvalue weighted by molar-refractivity contribution is 5.94. The number of nitrogens with one attached hydrogen (secondary N) is 2. The molecule has 0 bridgehead atoms. The highest BCUT2D eigenvalue weighted by Crippen LogP contribution is 2.19. The van der Waals surface area contributed by atoms with E-state index in [1.54, 1.807) is 23.0 Å². The molecule has 2 atom stereocenters. The van der Waals surface area contributed by atoms with Gasteiger partial charge in [-0.3, -0.25) is 4.79 Å². The molecule has 0 spiro atoms. The van der Waals surface area contributed by atoms with Crippen molar-refractivity contribution in [1.82, 2.24) is 20.4 Å². The maximum atomic E-state index is 12.3. The molecule has 6 nitrogen and oxygen atoms in total. The van der Waals surface area contributed by atoms with Crippen LogP contribution in [0.5, 0.6) is 0 Å². The Morgan fingerprint density at radius 3 is 2.74 bits per heavy atom. The zero-order valence-corrected chi connectivity index (χ0v) is 13.4. The van der Waals surface area contributed by atoms with E-state index in [4.69, 9.17) is 0 Å². The van der Waals surface area contributed by atoms with Gasteiger partial charge in [-0.2, -0.15) is 5.10 Å². The van der Waals surface area contributed by atoms with Crippen molar-refractivity contribution in [2.24, 2.45) is 0 Å². The van der Waals surface area contributed by atoms with Gasteiger partial charge in [0.2, 0.25) is 0 Å².